The smallest absolute Gasteiger partial charge is 0.251 e. The van der Waals surface area contributed by atoms with Crippen LogP contribution in [0.4, 0.5) is 0 Å². The summed E-state index contributed by atoms with van der Waals surface area (Å²) in [5, 5.41) is 3.16. The number of amides is 1. The monoisotopic (exact) mass is 244 g/mol. The van der Waals surface area contributed by atoms with Crippen LogP contribution in [-0.2, 0) is 0 Å². The predicted octanol–water partition coefficient (Wildman–Crippen LogP) is 2.64. The Morgan fingerprint density at radius 1 is 1.33 bits per heavy atom. The first-order valence-corrected chi connectivity index (χ1v) is 6.95. The molecule has 0 aromatic carbocycles. The van der Waals surface area contributed by atoms with Gasteiger partial charge in [0.25, 0.3) is 5.91 Å². The number of pyridine rings is 1. The summed E-state index contributed by atoms with van der Waals surface area (Å²) in [5.41, 5.74) is 0.708. The van der Waals surface area contributed by atoms with Gasteiger partial charge in [-0.05, 0) is 56.1 Å². The molecule has 0 aliphatic heterocycles. The summed E-state index contributed by atoms with van der Waals surface area (Å²) in [6.07, 6.45) is 8.80. The van der Waals surface area contributed by atoms with Crippen LogP contribution < -0.4 is 5.32 Å². The van der Waals surface area contributed by atoms with Gasteiger partial charge in [0.2, 0.25) is 0 Å². The van der Waals surface area contributed by atoms with E-state index in [1.807, 2.05) is 0 Å². The van der Waals surface area contributed by atoms with Crippen LogP contribution in [-0.4, -0.2) is 16.9 Å². The second kappa shape index (κ2) is 4.71. The van der Waals surface area contributed by atoms with E-state index in [0.717, 1.165) is 11.8 Å². The fourth-order valence-corrected chi connectivity index (χ4v) is 3.81. The highest BCUT2D eigenvalue weighted by Crippen LogP contribution is 2.49. The lowest BCUT2D eigenvalue weighted by atomic mass is 9.84. The Morgan fingerprint density at radius 3 is 2.72 bits per heavy atom. The molecular formula is C15H20N2O. The third-order valence-corrected chi connectivity index (χ3v) is 4.74. The van der Waals surface area contributed by atoms with Crippen molar-refractivity contribution >= 4 is 5.91 Å². The first-order valence-electron chi connectivity index (χ1n) is 6.95. The minimum absolute atomic E-state index is 0.0349. The van der Waals surface area contributed by atoms with Gasteiger partial charge in [0.15, 0.2) is 0 Å². The molecule has 0 unspecified atom stereocenters. The third-order valence-electron chi connectivity index (χ3n) is 4.74. The lowest BCUT2D eigenvalue weighted by Gasteiger charge is -2.28. The van der Waals surface area contributed by atoms with Crippen molar-refractivity contribution in [3.63, 3.8) is 0 Å². The zero-order chi connectivity index (χ0) is 12.5. The molecule has 2 saturated carbocycles. The van der Waals surface area contributed by atoms with Crippen LogP contribution in [0.15, 0.2) is 24.5 Å². The van der Waals surface area contributed by atoms with Crippen LogP contribution in [0.2, 0.25) is 0 Å². The highest BCUT2D eigenvalue weighted by atomic mass is 16.1. The van der Waals surface area contributed by atoms with Gasteiger partial charge in [-0.15, -0.1) is 0 Å². The standard InChI is InChI=1S/C15H20N2O/c1-10(14-9-11-2-3-13(14)8-11)17-15(18)12-4-6-16-7-5-12/h4-7,10-11,13-14H,2-3,8-9H2,1H3,(H,17,18)/t10-,11+,13+,14+/m1/s1. The average Bonchev–Trinajstić information content (AvgIpc) is 3.02. The van der Waals surface area contributed by atoms with E-state index < -0.39 is 0 Å². The molecule has 2 bridgehead atoms. The molecule has 1 amide bonds. The van der Waals surface area contributed by atoms with E-state index in [2.05, 4.69) is 17.2 Å². The fourth-order valence-electron chi connectivity index (χ4n) is 3.81. The lowest BCUT2D eigenvalue weighted by molar-refractivity contribution is 0.0915. The highest BCUT2D eigenvalue weighted by molar-refractivity contribution is 5.94. The van der Waals surface area contributed by atoms with E-state index >= 15 is 0 Å². The summed E-state index contributed by atoms with van der Waals surface area (Å²) in [6, 6.07) is 3.83. The topological polar surface area (TPSA) is 42.0 Å². The Bertz CT molecular complexity index is 431. The number of carbonyl (C=O) groups excluding carboxylic acids is 1. The molecule has 1 aromatic rings. The molecule has 2 fully saturated rings. The molecule has 18 heavy (non-hydrogen) atoms. The molecule has 3 nitrogen and oxygen atoms in total. The van der Waals surface area contributed by atoms with Crippen LogP contribution in [0.1, 0.15) is 43.0 Å². The number of hydrogen-bond acceptors (Lipinski definition) is 2. The van der Waals surface area contributed by atoms with Crippen LogP contribution in [0.5, 0.6) is 0 Å². The highest BCUT2D eigenvalue weighted by Gasteiger charge is 2.42. The van der Waals surface area contributed by atoms with Gasteiger partial charge < -0.3 is 5.32 Å². The van der Waals surface area contributed by atoms with Crippen molar-refractivity contribution in [2.45, 2.75) is 38.6 Å². The number of hydrogen-bond donors (Lipinski definition) is 1. The number of nitrogens with zero attached hydrogens (tertiary/aromatic N) is 1. The Labute approximate surface area is 108 Å². The summed E-state index contributed by atoms with van der Waals surface area (Å²) in [6.45, 7) is 2.16. The Morgan fingerprint density at radius 2 is 2.11 bits per heavy atom. The van der Waals surface area contributed by atoms with E-state index in [0.29, 0.717) is 17.5 Å². The number of fused-ring (bicyclic) bond motifs is 2. The molecule has 2 aliphatic rings. The molecule has 2 aliphatic carbocycles. The van der Waals surface area contributed by atoms with Crippen LogP contribution in [0, 0.1) is 17.8 Å². The summed E-state index contributed by atoms with van der Waals surface area (Å²) < 4.78 is 0. The normalized spacial score (nSPS) is 31.3. The van der Waals surface area contributed by atoms with Crippen molar-refractivity contribution in [1.29, 1.82) is 0 Å². The summed E-state index contributed by atoms with van der Waals surface area (Å²) in [4.78, 5) is 16.0. The van der Waals surface area contributed by atoms with Crippen molar-refractivity contribution in [2.24, 2.45) is 17.8 Å². The van der Waals surface area contributed by atoms with E-state index in [9.17, 15) is 4.79 Å². The maximum Gasteiger partial charge on any atom is 0.251 e. The second-order valence-corrected chi connectivity index (χ2v) is 5.84. The molecule has 3 heteroatoms. The van der Waals surface area contributed by atoms with Crippen LogP contribution in [0.3, 0.4) is 0 Å². The molecule has 0 saturated heterocycles. The van der Waals surface area contributed by atoms with Gasteiger partial charge in [-0.2, -0.15) is 0 Å². The van der Waals surface area contributed by atoms with Crippen LogP contribution in [0.25, 0.3) is 0 Å². The summed E-state index contributed by atoms with van der Waals surface area (Å²) in [5.74, 6) is 2.50. The average molecular weight is 244 g/mol. The number of nitrogens with one attached hydrogen (secondary N) is 1. The van der Waals surface area contributed by atoms with Gasteiger partial charge in [0, 0.05) is 24.0 Å². The third kappa shape index (κ3) is 2.14. The zero-order valence-corrected chi connectivity index (χ0v) is 10.8. The van der Waals surface area contributed by atoms with E-state index in [1.165, 1.54) is 25.7 Å². The minimum atomic E-state index is 0.0349. The van der Waals surface area contributed by atoms with Crippen molar-refractivity contribution < 1.29 is 4.79 Å². The Balaban J connectivity index is 1.61. The van der Waals surface area contributed by atoms with Crippen molar-refractivity contribution in [3.05, 3.63) is 30.1 Å². The fraction of sp³-hybridized carbons (Fsp3) is 0.600. The molecule has 3 rings (SSSR count). The van der Waals surface area contributed by atoms with E-state index in [1.54, 1.807) is 24.5 Å². The molecule has 0 radical (unpaired) electrons. The molecule has 96 valence electrons. The Hall–Kier alpha value is -1.38. The molecular weight excluding hydrogens is 224 g/mol. The summed E-state index contributed by atoms with van der Waals surface area (Å²) in [7, 11) is 0. The van der Waals surface area contributed by atoms with Crippen molar-refractivity contribution in [3.8, 4) is 0 Å². The SMILES string of the molecule is C[C@@H](NC(=O)c1ccncc1)[C@@H]1C[C@H]2CC[C@H]1C2. The van der Waals surface area contributed by atoms with Gasteiger partial charge >= 0.3 is 0 Å². The molecule has 0 spiro atoms. The molecule has 1 aromatic heterocycles. The van der Waals surface area contributed by atoms with Crippen LogP contribution >= 0.6 is 0 Å². The number of rotatable bonds is 3. The van der Waals surface area contributed by atoms with Gasteiger partial charge in [0.1, 0.15) is 0 Å². The van der Waals surface area contributed by atoms with Gasteiger partial charge in [-0.1, -0.05) is 6.42 Å². The first-order chi connectivity index (χ1) is 8.74. The van der Waals surface area contributed by atoms with E-state index in [4.69, 9.17) is 0 Å². The maximum atomic E-state index is 12.1. The molecule has 1 N–H and O–H groups in total. The van der Waals surface area contributed by atoms with E-state index in [-0.39, 0.29) is 5.91 Å². The lowest BCUT2D eigenvalue weighted by Crippen LogP contribution is -2.40. The van der Waals surface area contributed by atoms with Crippen molar-refractivity contribution in [1.82, 2.24) is 10.3 Å². The van der Waals surface area contributed by atoms with Gasteiger partial charge in [-0.25, -0.2) is 0 Å². The molecule has 1 heterocycles. The number of aromatic nitrogens is 1. The maximum absolute atomic E-state index is 12.1. The largest absolute Gasteiger partial charge is 0.349 e. The first kappa shape index (κ1) is 11.7. The predicted molar refractivity (Wildman–Crippen MR) is 70.1 cm³/mol. The summed E-state index contributed by atoms with van der Waals surface area (Å²) >= 11 is 0. The zero-order valence-electron chi connectivity index (χ0n) is 10.8. The quantitative estimate of drug-likeness (QED) is 0.888. The Kier molecular flexibility index (Phi) is 3.06. The minimum Gasteiger partial charge on any atom is -0.349 e. The number of carbonyl (C=O) groups is 1. The van der Waals surface area contributed by atoms with Gasteiger partial charge in [-0.3, -0.25) is 9.78 Å². The van der Waals surface area contributed by atoms with Gasteiger partial charge in [0.05, 0.1) is 0 Å². The molecule has 4 atom stereocenters. The van der Waals surface area contributed by atoms with Crippen molar-refractivity contribution in [2.75, 3.05) is 0 Å². The second-order valence-electron chi connectivity index (χ2n) is 5.84.